The molecule has 0 saturated heterocycles. The molecule has 0 aromatic heterocycles. The van der Waals surface area contributed by atoms with Crippen molar-refractivity contribution >= 4 is 13.8 Å². The van der Waals surface area contributed by atoms with Gasteiger partial charge in [-0.3, -0.25) is 14.6 Å². The van der Waals surface area contributed by atoms with Crippen molar-refractivity contribution in [1.82, 2.24) is 0 Å². The van der Waals surface area contributed by atoms with Crippen molar-refractivity contribution in [1.29, 1.82) is 0 Å². The summed E-state index contributed by atoms with van der Waals surface area (Å²) in [5.74, 6) is -0.476. The first-order valence-corrected chi connectivity index (χ1v) is 12.1. The Morgan fingerprint density at radius 2 is 1.71 bits per heavy atom. The lowest BCUT2D eigenvalue weighted by atomic mass is 10.1. The molecular formula is C21H37O9P. The highest BCUT2D eigenvalue weighted by Crippen LogP contribution is 2.35. The minimum atomic E-state index is -4.65. The monoisotopic (exact) mass is 464 g/mol. The fraction of sp³-hybridized carbons (Fsp3) is 0.667. The van der Waals surface area contributed by atoms with Gasteiger partial charge in [-0.05, 0) is 38.5 Å². The van der Waals surface area contributed by atoms with Gasteiger partial charge in [0.25, 0.3) is 0 Å². The first kappa shape index (κ1) is 29.7. The Balaban J connectivity index is 3.72. The highest BCUT2D eigenvalue weighted by Gasteiger charge is 2.17. The van der Waals surface area contributed by atoms with E-state index in [0.717, 1.165) is 38.5 Å². The van der Waals surface area contributed by atoms with Crippen LogP contribution in [0.4, 0.5) is 0 Å². The summed E-state index contributed by atoms with van der Waals surface area (Å²) >= 11 is 0. The quantitative estimate of drug-likeness (QED) is 0.0556. The van der Waals surface area contributed by atoms with Crippen LogP contribution in [-0.4, -0.2) is 51.5 Å². The van der Waals surface area contributed by atoms with Crippen LogP contribution in [0.5, 0.6) is 0 Å². The van der Waals surface area contributed by atoms with Crippen LogP contribution < -0.4 is 0 Å². The summed E-state index contributed by atoms with van der Waals surface area (Å²) in [5.41, 5.74) is 0. The van der Waals surface area contributed by atoms with E-state index in [2.05, 4.69) is 28.5 Å². The molecule has 4 N–H and O–H groups in total. The topological polar surface area (TPSA) is 143 Å². The summed E-state index contributed by atoms with van der Waals surface area (Å²) in [6.45, 7) is 1.10. The Kier molecular flexibility index (Phi) is 18.5. The number of hydrogen-bond acceptors (Lipinski definition) is 7. The zero-order chi connectivity index (χ0) is 23.4. The summed E-state index contributed by atoms with van der Waals surface area (Å²) in [6.07, 6.45) is 17.3. The highest BCUT2D eigenvalue weighted by molar-refractivity contribution is 7.46. The molecule has 0 bridgehead atoms. The van der Waals surface area contributed by atoms with Gasteiger partial charge in [0, 0.05) is 6.42 Å². The number of allylic oxidation sites excluding steroid dienone is 4. The second kappa shape index (κ2) is 19.4. The first-order valence-electron chi connectivity index (χ1n) is 10.6. The van der Waals surface area contributed by atoms with E-state index in [9.17, 15) is 14.5 Å². The Morgan fingerprint density at radius 1 is 1.00 bits per heavy atom. The fourth-order valence-electron chi connectivity index (χ4n) is 2.45. The largest absolute Gasteiger partial charge is 0.469 e. The number of aliphatic hydroxyl groups is 1. The van der Waals surface area contributed by atoms with Crippen LogP contribution in [-0.2, 0) is 23.5 Å². The van der Waals surface area contributed by atoms with E-state index in [4.69, 9.17) is 19.8 Å². The number of phosphoric ester groups is 1. The van der Waals surface area contributed by atoms with Crippen molar-refractivity contribution in [2.75, 3.05) is 13.2 Å². The Labute approximate surface area is 184 Å². The van der Waals surface area contributed by atoms with Gasteiger partial charge in [0.15, 0.2) is 0 Å². The van der Waals surface area contributed by atoms with Gasteiger partial charge in [0.05, 0.1) is 6.61 Å². The van der Waals surface area contributed by atoms with Gasteiger partial charge < -0.3 is 19.6 Å². The molecule has 2 atom stereocenters. The van der Waals surface area contributed by atoms with E-state index in [1.54, 1.807) is 0 Å². The Bertz CT molecular complexity index is 583. The molecule has 0 aromatic carbocycles. The number of phosphoric acid groups is 1. The molecular weight excluding hydrogens is 427 g/mol. The van der Waals surface area contributed by atoms with E-state index in [1.165, 1.54) is 0 Å². The number of ether oxygens (including phenoxy) is 1. The predicted molar refractivity (Wildman–Crippen MR) is 117 cm³/mol. The molecule has 180 valence electrons. The van der Waals surface area contributed by atoms with Crippen molar-refractivity contribution in [2.24, 2.45) is 0 Å². The Morgan fingerprint density at radius 3 is 2.39 bits per heavy atom. The summed E-state index contributed by atoms with van der Waals surface area (Å²) in [4.78, 5) is 33.0. The maximum atomic E-state index is 11.6. The van der Waals surface area contributed by atoms with Gasteiger partial charge in [-0.1, -0.05) is 56.2 Å². The van der Waals surface area contributed by atoms with Crippen molar-refractivity contribution in [3.05, 3.63) is 36.5 Å². The van der Waals surface area contributed by atoms with Crippen molar-refractivity contribution in [3.8, 4) is 0 Å². The SMILES string of the molecule is CCC=CCC=CCC(C=CCCCCCCC(=O)OCC(O)COP(=O)(O)O)OO. The standard InChI is InChI=1S/C21H37O9P/c1-2-3-4-5-8-11-14-20(30-24)15-12-9-6-7-10-13-16-21(23)28-17-19(22)18-29-31(25,26)27/h3-4,8,11-12,15,19-20,22,24H,2,5-7,9-10,13-14,16-18H2,1H3,(H2,25,26,27). The molecule has 0 aliphatic carbocycles. The minimum Gasteiger partial charge on any atom is -0.463 e. The van der Waals surface area contributed by atoms with Crippen LogP contribution in [0.3, 0.4) is 0 Å². The number of carbonyl (C=O) groups excluding carboxylic acids is 1. The minimum absolute atomic E-state index is 0.210. The zero-order valence-electron chi connectivity index (χ0n) is 18.2. The van der Waals surface area contributed by atoms with Crippen LogP contribution in [0.2, 0.25) is 0 Å². The van der Waals surface area contributed by atoms with Gasteiger partial charge in [-0.2, -0.15) is 0 Å². The lowest BCUT2D eigenvalue weighted by molar-refractivity contribution is -0.264. The molecule has 2 unspecified atom stereocenters. The molecule has 0 aliphatic rings. The number of esters is 1. The molecule has 0 saturated carbocycles. The second-order valence-electron chi connectivity index (χ2n) is 6.97. The van der Waals surface area contributed by atoms with Gasteiger partial charge in [0.1, 0.15) is 18.8 Å². The molecule has 0 spiro atoms. The number of unbranched alkanes of at least 4 members (excludes halogenated alkanes) is 4. The fourth-order valence-corrected chi connectivity index (χ4v) is 2.82. The molecule has 9 nitrogen and oxygen atoms in total. The highest BCUT2D eigenvalue weighted by atomic mass is 31.2. The predicted octanol–water partition coefficient (Wildman–Crippen LogP) is 4.06. The third kappa shape index (κ3) is 21.7. The summed E-state index contributed by atoms with van der Waals surface area (Å²) < 4.78 is 19.5. The maximum Gasteiger partial charge on any atom is 0.469 e. The second-order valence-corrected chi connectivity index (χ2v) is 8.21. The molecule has 31 heavy (non-hydrogen) atoms. The van der Waals surface area contributed by atoms with E-state index in [0.29, 0.717) is 12.8 Å². The van der Waals surface area contributed by atoms with E-state index in [-0.39, 0.29) is 19.1 Å². The molecule has 0 rings (SSSR count). The zero-order valence-corrected chi connectivity index (χ0v) is 19.1. The molecule has 0 aromatic rings. The van der Waals surface area contributed by atoms with Crippen LogP contribution in [0, 0.1) is 0 Å². The molecule has 0 amide bonds. The van der Waals surface area contributed by atoms with Crippen molar-refractivity contribution < 1.29 is 43.7 Å². The molecule has 0 fully saturated rings. The van der Waals surface area contributed by atoms with Crippen molar-refractivity contribution in [3.63, 3.8) is 0 Å². The molecule has 0 heterocycles. The Hall–Kier alpha value is -1.32. The average Bonchev–Trinajstić information content (AvgIpc) is 2.72. The van der Waals surface area contributed by atoms with E-state index in [1.807, 2.05) is 24.3 Å². The number of aliphatic hydroxyl groups excluding tert-OH is 1. The molecule has 0 aliphatic heterocycles. The van der Waals surface area contributed by atoms with Crippen molar-refractivity contribution in [2.45, 2.75) is 76.9 Å². The van der Waals surface area contributed by atoms with Gasteiger partial charge >= 0.3 is 13.8 Å². The summed E-state index contributed by atoms with van der Waals surface area (Å²) in [5, 5.41) is 18.4. The van der Waals surface area contributed by atoms with Gasteiger partial charge in [0.2, 0.25) is 0 Å². The lowest BCUT2D eigenvalue weighted by Gasteiger charge is -2.12. The van der Waals surface area contributed by atoms with Crippen LogP contribution in [0.15, 0.2) is 36.5 Å². The van der Waals surface area contributed by atoms with E-state index < -0.39 is 26.5 Å². The number of hydrogen-bond donors (Lipinski definition) is 4. The molecule has 0 radical (unpaired) electrons. The average molecular weight is 464 g/mol. The summed E-state index contributed by atoms with van der Waals surface area (Å²) in [7, 11) is -4.65. The normalized spacial score (nSPS) is 14.6. The lowest BCUT2D eigenvalue weighted by Crippen LogP contribution is -2.23. The maximum absolute atomic E-state index is 11.6. The summed E-state index contributed by atoms with van der Waals surface area (Å²) in [6, 6.07) is 0. The third-order valence-electron chi connectivity index (χ3n) is 4.07. The molecule has 10 heteroatoms. The first-order chi connectivity index (χ1) is 14.8. The van der Waals surface area contributed by atoms with Gasteiger partial charge in [-0.25, -0.2) is 9.45 Å². The smallest absolute Gasteiger partial charge is 0.463 e. The van der Waals surface area contributed by atoms with Crippen LogP contribution in [0.25, 0.3) is 0 Å². The number of carbonyl (C=O) groups is 1. The van der Waals surface area contributed by atoms with Gasteiger partial charge in [-0.15, -0.1) is 0 Å². The third-order valence-corrected chi connectivity index (χ3v) is 4.55. The van der Waals surface area contributed by atoms with Crippen LogP contribution in [0.1, 0.15) is 64.7 Å². The number of rotatable bonds is 19. The van der Waals surface area contributed by atoms with E-state index >= 15 is 0 Å². The van der Waals surface area contributed by atoms with Crippen LogP contribution >= 0.6 is 7.82 Å².